The van der Waals surface area contributed by atoms with Crippen molar-refractivity contribution < 1.29 is 4.79 Å². The number of hydrogen-bond acceptors (Lipinski definition) is 3. The number of pyridine rings is 1. The minimum absolute atomic E-state index is 0.0593. The Morgan fingerprint density at radius 3 is 2.85 bits per heavy atom. The summed E-state index contributed by atoms with van der Waals surface area (Å²) >= 11 is 0. The highest BCUT2D eigenvalue weighted by molar-refractivity contribution is 6.05. The third kappa shape index (κ3) is 2.39. The largest absolute Gasteiger partial charge is 0.341 e. The molecule has 2 N–H and O–H groups in total. The van der Waals surface area contributed by atoms with Gasteiger partial charge >= 0.3 is 0 Å². The van der Waals surface area contributed by atoms with Crippen molar-refractivity contribution in [1.29, 1.82) is 0 Å². The molecule has 0 radical (unpaired) electrons. The van der Waals surface area contributed by atoms with E-state index in [1.807, 2.05) is 31.3 Å². The van der Waals surface area contributed by atoms with Gasteiger partial charge in [-0.05, 0) is 30.9 Å². The number of rotatable bonds is 3. The molecular formula is C16H19N3O. The normalized spacial score (nSPS) is 21.5. The van der Waals surface area contributed by atoms with E-state index >= 15 is 0 Å². The van der Waals surface area contributed by atoms with Crippen molar-refractivity contribution >= 4 is 16.8 Å². The molecule has 0 saturated heterocycles. The van der Waals surface area contributed by atoms with Crippen molar-refractivity contribution in [2.24, 2.45) is 11.7 Å². The second-order valence-electron chi connectivity index (χ2n) is 5.66. The second kappa shape index (κ2) is 5.21. The lowest BCUT2D eigenvalue weighted by Crippen LogP contribution is -2.43. The molecule has 1 aromatic heterocycles. The predicted octanol–water partition coefficient (Wildman–Crippen LogP) is 2.04. The Labute approximate surface area is 118 Å². The third-order valence-corrected chi connectivity index (χ3v) is 4.03. The third-order valence-electron chi connectivity index (χ3n) is 4.03. The van der Waals surface area contributed by atoms with Crippen LogP contribution < -0.4 is 5.73 Å². The Bertz CT molecular complexity index is 629. The van der Waals surface area contributed by atoms with E-state index < -0.39 is 0 Å². The van der Waals surface area contributed by atoms with Gasteiger partial charge in [-0.25, -0.2) is 0 Å². The zero-order valence-electron chi connectivity index (χ0n) is 11.6. The zero-order valence-corrected chi connectivity index (χ0v) is 11.6. The van der Waals surface area contributed by atoms with E-state index in [1.54, 1.807) is 17.2 Å². The molecule has 0 aliphatic heterocycles. The van der Waals surface area contributed by atoms with E-state index in [1.165, 1.54) is 0 Å². The molecule has 1 aromatic carbocycles. The number of amides is 1. The van der Waals surface area contributed by atoms with E-state index in [0.717, 1.165) is 35.9 Å². The molecule has 0 atom stereocenters. The number of hydrogen-bond donors (Lipinski definition) is 1. The maximum atomic E-state index is 12.6. The second-order valence-corrected chi connectivity index (χ2v) is 5.66. The summed E-state index contributed by atoms with van der Waals surface area (Å²) in [4.78, 5) is 18.7. The van der Waals surface area contributed by atoms with Gasteiger partial charge in [-0.15, -0.1) is 0 Å². The summed E-state index contributed by atoms with van der Waals surface area (Å²) in [7, 11) is 1.86. The summed E-state index contributed by atoms with van der Waals surface area (Å²) < 4.78 is 0. The molecule has 1 heterocycles. The molecule has 1 aliphatic carbocycles. The number of carbonyl (C=O) groups is 1. The van der Waals surface area contributed by atoms with E-state index in [4.69, 9.17) is 5.73 Å². The fourth-order valence-corrected chi connectivity index (χ4v) is 2.89. The molecule has 1 amide bonds. The van der Waals surface area contributed by atoms with Gasteiger partial charge < -0.3 is 10.6 Å². The highest BCUT2D eigenvalue weighted by Crippen LogP contribution is 2.27. The Morgan fingerprint density at radius 1 is 1.35 bits per heavy atom. The average Bonchev–Trinajstić information content (AvgIpc) is 2.44. The van der Waals surface area contributed by atoms with E-state index in [2.05, 4.69) is 4.98 Å². The lowest BCUT2D eigenvalue weighted by molar-refractivity contribution is 0.0736. The van der Waals surface area contributed by atoms with Crippen molar-refractivity contribution in [3.8, 4) is 0 Å². The van der Waals surface area contributed by atoms with Crippen LogP contribution in [0.5, 0.6) is 0 Å². The number of fused-ring (bicyclic) bond motifs is 1. The van der Waals surface area contributed by atoms with Gasteiger partial charge in [-0.2, -0.15) is 0 Å². The summed E-state index contributed by atoms with van der Waals surface area (Å²) in [6.45, 7) is 0.781. The minimum Gasteiger partial charge on any atom is -0.341 e. The van der Waals surface area contributed by atoms with E-state index in [0.29, 0.717) is 12.0 Å². The fraction of sp³-hybridized carbons (Fsp3) is 0.375. The van der Waals surface area contributed by atoms with Crippen LogP contribution in [0.25, 0.3) is 10.9 Å². The first-order valence-corrected chi connectivity index (χ1v) is 7.00. The fourth-order valence-electron chi connectivity index (χ4n) is 2.89. The van der Waals surface area contributed by atoms with Crippen LogP contribution in [0.3, 0.4) is 0 Å². The van der Waals surface area contributed by atoms with Crippen molar-refractivity contribution in [3.63, 3.8) is 0 Å². The van der Waals surface area contributed by atoms with Crippen molar-refractivity contribution in [3.05, 3.63) is 42.1 Å². The first-order valence-electron chi connectivity index (χ1n) is 7.00. The summed E-state index contributed by atoms with van der Waals surface area (Å²) in [5.41, 5.74) is 7.38. The Kier molecular flexibility index (Phi) is 3.40. The van der Waals surface area contributed by atoms with Crippen LogP contribution in [0.4, 0.5) is 0 Å². The first-order chi connectivity index (χ1) is 9.65. The van der Waals surface area contributed by atoms with Crippen LogP contribution in [0.1, 0.15) is 23.2 Å². The molecule has 0 unspecified atom stereocenters. The number of aromatic nitrogens is 1. The molecule has 4 nitrogen and oxygen atoms in total. The molecule has 0 spiro atoms. The standard InChI is InChI=1S/C16H19N3O/c1-19(10-11-8-12(17)9-11)16(20)14-6-7-18-15-5-3-2-4-13(14)15/h2-7,11-12H,8-10,17H2,1H3. The van der Waals surface area contributed by atoms with Crippen LogP contribution >= 0.6 is 0 Å². The highest BCUT2D eigenvalue weighted by atomic mass is 16.2. The van der Waals surface area contributed by atoms with E-state index in [-0.39, 0.29) is 5.91 Å². The number of carbonyl (C=O) groups excluding carboxylic acids is 1. The lowest BCUT2D eigenvalue weighted by atomic mass is 9.80. The van der Waals surface area contributed by atoms with Gasteiger partial charge in [0.2, 0.25) is 0 Å². The molecule has 1 fully saturated rings. The molecule has 0 bridgehead atoms. The van der Waals surface area contributed by atoms with Crippen LogP contribution in [-0.2, 0) is 0 Å². The Morgan fingerprint density at radius 2 is 2.10 bits per heavy atom. The van der Waals surface area contributed by atoms with Gasteiger partial charge in [0, 0.05) is 31.2 Å². The summed E-state index contributed by atoms with van der Waals surface area (Å²) in [5, 5.41) is 0.914. The summed E-state index contributed by atoms with van der Waals surface area (Å²) in [6.07, 6.45) is 3.74. The number of para-hydroxylation sites is 1. The molecule has 3 rings (SSSR count). The predicted molar refractivity (Wildman–Crippen MR) is 79.4 cm³/mol. The van der Waals surface area contributed by atoms with Crippen LogP contribution in [0.15, 0.2) is 36.5 Å². The lowest BCUT2D eigenvalue weighted by Gasteiger charge is -2.35. The van der Waals surface area contributed by atoms with Crippen LogP contribution in [0.2, 0.25) is 0 Å². The SMILES string of the molecule is CN(CC1CC(N)C1)C(=O)c1ccnc2ccccc12. The zero-order chi connectivity index (χ0) is 14.1. The first kappa shape index (κ1) is 13.1. The Balaban J connectivity index is 1.81. The van der Waals surface area contributed by atoms with Gasteiger partial charge in [0.1, 0.15) is 0 Å². The van der Waals surface area contributed by atoms with E-state index in [9.17, 15) is 4.79 Å². The molecule has 1 aliphatic rings. The number of benzene rings is 1. The summed E-state index contributed by atoms with van der Waals surface area (Å²) in [6, 6.07) is 9.87. The molecule has 2 aromatic rings. The number of nitrogens with zero attached hydrogens (tertiary/aromatic N) is 2. The molecule has 4 heteroatoms. The number of nitrogens with two attached hydrogens (primary N) is 1. The quantitative estimate of drug-likeness (QED) is 0.927. The summed E-state index contributed by atoms with van der Waals surface area (Å²) in [5.74, 6) is 0.608. The molecule has 104 valence electrons. The maximum absolute atomic E-state index is 12.6. The molecule has 1 saturated carbocycles. The maximum Gasteiger partial charge on any atom is 0.254 e. The monoisotopic (exact) mass is 269 g/mol. The van der Waals surface area contributed by atoms with Crippen LogP contribution in [0, 0.1) is 5.92 Å². The Hall–Kier alpha value is -1.94. The van der Waals surface area contributed by atoms with Crippen LogP contribution in [-0.4, -0.2) is 35.4 Å². The minimum atomic E-state index is 0.0593. The highest BCUT2D eigenvalue weighted by Gasteiger charge is 2.28. The van der Waals surface area contributed by atoms with Crippen molar-refractivity contribution in [1.82, 2.24) is 9.88 Å². The van der Waals surface area contributed by atoms with Crippen molar-refractivity contribution in [2.75, 3.05) is 13.6 Å². The van der Waals surface area contributed by atoms with Gasteiger partial charge in [0.15, 0.2) is 0 Å². The van der Waals surface area contributed by atoms with Gasteiger partial charge in [0.05, 0.1) is 11.1 Å². The molecule has 20 heavy (non-hydrogen) atoms. The topological polar surface area (TPSA) is 59.2 Å². The average molecular weight is 269 g/mol. The van der Waals surface area contributed by atoms with Gasteiger partial charge in [-0.1, -0.05) is 18.2 Å². The van der Waals surface area contributed by atoms with Crippen molar-refractivity contribution in [2.45, 2.75) is 18.9 Å². The smallest absolute Gasteiger partial charge is 0.254 e. The molecular weight excluding hydrogens is 250 g/mol. The van der Waals surface area contributed by atoms with Gasteiger partial charge in [0.25, 0.3) is 5.91 Å². The van der Waals surface area contributed by atoms with Gasteiger partial charge in [-0.3, -0.25) is 9.78 Å².